The molecular weight excluding hydrogens is 488 g/mol. The summed E-state index contributed by atoms with van der Waals surface area (Å²) in [6.45, 7) is 6.78. The molecule has 4 unspecified atom stereocenters. The summed E-state index contributed by atoms with van der Waals surface area (Å²) in [4.78, 5) is 22.6. The van der Waals surface area contributed by atoms with Crippen molar-refractivity contribution in [2.45, 2.75) is 116 Å². The number of hydrogen-bond acceptors (Lipinski definition) is 6. The van der Waals surface area contributed by atoms with Crippen LogP contribution in [0.4, 0.5) is 0 Å². The maximum atomic E-state index is 11.3. The van der Waals surface area contributed by atoms with Crippen LogP contribution in [-0.2, 0) is 9.59 Å². The van der Waals surface area contributed by atoms with E-state index in [9.17, 15) is 40.2 Å². The van der Waals surface area contributed by atoms with Crippen molar-refractivity contribution in [2.24, 2.45) is 10.8 Å². The Bertz CT molecular complexity index is 891. The maximum Gasteiger partial charge on any atom is 0.309 e. The molecule has 0 saturated heterocycles. The van der Waals surface area contributed by atoms with Crippen LogP contribution in [0, 0.1) is 10.8 Å². The SMILES string of the molecule is CC(C)(CCCCC1=CC(O)C=C(CCC2=CC(O)C=C(CCCCC(C)(C)C(=O)O)C2O)C1O)C(=O)O. The first-order valence-electron chi connectivity index (χ1n) is 13.7. The number of carbonyl (C=O) groups is 2. The Hall–Kier alpha value is -2.26. The van der Waals surface area contributed by atoms with Crippen LogP contribution in [0.2, 0.25) is 0 Å². The summed E-state index contributed by atoms with van der Waals surface area (Å²) in [5.41, 5.74) is 1.15. The minimum atomic E-state index is -0.843. The van der Waals surface area contributed by atoms with Gasteiger partial charge >= 0.3 is 11.9 Å². The molecule has 0 aromatic carbocycles. The van der Waals surface area contributed by atoms with Crippen molar-refractivity contribution in [1.82, 2.24) is 0 Å². The Morgan fingerprint density at radius 2 is 0.868 bits per heavy atom. The van der Waals surface area contributed by atoms with Crippen molar-refractivity contribution in [3.63, 3.8) is 0 Å². The maximum absolute atomic E-state index is 11.3. The van der Waals surface area contributed by atoms with Gasteiger partial charge < -0.3 is 30.6 Å². The lowest BCUT2D eigenvalue weighted by molar-refractivity contribution is -0.148. The van der Waals surface area contributed by atoms with Crippen LogP contribution in [0.25, 0.3) is 0 Å². The summed E-state index contributed by atoms with van der Waals surface area (Å²) in [6, 6.07) is 0. The molecule has 0 aromatic heterocycles. The molecular formula is C30H46O8. The van der Waals surface area contributed by atoms with E-state index in [0.717, 1.165) is 0 Å². The Morgan fingerprint density at radius 3 is 1.16 bits per heavy atom. The van der Waals surface area contributed by atoms with Gasteiger partial charge in [0.25, 0.3) is 0 Å². The zero-order chi connectivity index (χ0) is 28.7. The molecule has 0 aliphatic heterocycles. The number of aliphatic hydroxyl groups excluding tert-OH is 4. The third-order valence-electron chi connectivity index (χ3n) is 7.84. The van der Waals surface area contributed by atoms with E-state index in [4.69, 9.17) is 0 Å². The fourth-order valence-electron chi connectivity index (χ4n) is 4.99. The summed E-state index contributed by atoms with van der Waals surface area (Å²) in [5, 5.41) is 61.0. The number of carboxylic acids is 2. The van der Waals surface area contributed by atoms with Gasteiger partial charge in [-0.1, -0.05) is 37.1 Å². The fourth-order valence-corrected chi connectivity index (χ4v) is 4.99. The van der Waals surface area contributed by atoms with Gasteiger partial charge in [-0.2, -0.15) is 0 Å². The molecule has 38 heavy (non-hydrogen) atoms. The van der Waals surface area contributed by atoms with Crippen LogP contribution in [0.5, 0.6) is 0 Å². The first-order valence-corrected chi connectivity index (χ1v) is 13.7. The summed E-state index contributed by atoms with van der Waals surface area (Å²) in [5.74, 6) is -1.67. The van der Waals surface area contributed by atoms with E-state index in [1.54, 1.807) is 52.0 Å². The molecule has 0 aromatic rings. The highest BCUT2D eigenvalue weighted by atomic mass is 16.4. The lowest BCUT2D eigenvalue weighted by atomic mass is 9.82. The molecule has 2 aliphatic rings. The fraction of sp³-hybridized carbons (Fsp3) is 0.667. The summed E-state index contributed by atoms with van der Waals surface area (Å²) >= 11 is 0. The minimum absolute atomic E-state index is 0.414. The largest absolute Gasteiger partial charge is 0.481 e. The number of carboxylic acid groups (broad SMARTS) is 2. The summed E-state index contributed by atoms with van der Waals surface area (Å²) < 4.78 is 0. The Kier molecular flexibility index (Phi) is 11.5. The Labute approximate surface area is 226 Å². The molecule has 0 heterocycles. The van der Waals surface area contributed by atoms with Gasteiger partial charge in [-0.3, -0.25) is 9.59 Å². The van der Waals surface area contributed by atoms with E-state index in [1.165, 1.54) is 0 Å². The smallest absolute Gasteiger partial charge is 0.309 e. The zero-order valence-corrected chi connectivity index (χ0v) is 23.2. The quantitative estimate of drug-likeness (QED) is 0.134. The highest BCUT2D eigenvalue weighted by Gasteiger charge is 2.29. The molecule has 8 heteroatoms. The molecule has 0 saturated carbocycles. The summed E-state index contributed by atoms with van der Waals surface area (Å²) in [6.07, 6.45) is 8.98. The molecule has 0 bridgehead atoms. The van der Waals surface area contributed by atoms with E-state index in [-0.39, 0.29) is 0 Å². The molecule has 2 rings (SSSR count). The molecule has 0 amide bonds. The molecule has 214 valence electrons. The first kappa shape index (κ1) is 32.0. The molecule has 8 nitrogen and oxygen atoms in total. The molecule has 6 N–H and O–H groups in total. The number of aliphatic hydroxyl groups is 4. The van der Waals surface area contributed by atoms with Crippen LogP contribution >= 0.6 is 0 Å². The highest BCUT2D eigenvalue weighted by molar-refractivity contribution is 5.73. The van der Waals surface area contributed by atoms with E-state index >= 15 is 0 Å². The van der Waals surface area contributed by atoms with Crippen LogP contribution in [-0.4, -0.2) is 67.0 Å². The predicted octanol–water partition coefficient (Wildman–Crippen LogP) is 4.29. The van der Waals surface area contributed by atoms with Crippen LogP contribution < -0.4 is 0 Å². The van der Waals surface area contributed by atoms with Crippen LogP contribution in [0.15, 0.2) is 46.6 Å². The van der Waals surface area contributed by atoms with Crippen molar-refractivity contribution < 1.29 is 40.2 Å². The zero-order valence-electron chi connectivity index (χ0n) is 23.2. The number of unbranched alkanes of at least 4 members (excludes halogenated alkanes) is 2. The lowest BCUT2D eigenvalue weighted by Crippen LogP contribution is -2.25. The van der Waals surface area contributed by atoms with E-state index < -0.39 is 47.2 Å². The monoisotopic (exact) mass is 534 g/mol. The molecule has 0 fully saturated rings. The van der Waals surface area contributed by atoms with Gasteiger partial charge in [0.1, 0.15) is 0 Å². The highest BCUT2D eigenvalue weighted by Crippen LogP contribution is 2.33. The minimum Gasteiger partial charge on any atom is -0.481 e. The van der Waals surface area contributed by atoms with Crippen molar-refractivity contribution >= 4 is 11.9 Å². The Balaban J connectivity index is 1.88. The van der Waals surface area contributed by atoms with Crippen molar-refractivity contribution in [1.29, 1.82) is 0 Å². The van der Waals surface area contributed by atoms with Crippen molar-refractivity contribution in [3.05, 3.63) is 46.6 Å². The second-order valence-electron chi connectivity index (χ2n) is 12.0. The van der Waals surface area contributed by atoms with Gasteiger partial charge in [0, 0.05) is 0 Å². The van der Waals surface area contributed by atoms with Gasteiger partial charge in [0.15, 0.2) is 0 Å². The van der Waals surface area contributed by atoms with Crippen molar-refractivity contribution in [2.75, 3.05) is 0 Å². The van der Waals surface area contributed by atoms with Gasteiger partial charge in [-0.15, -0.1) is 0 Å². The molecule has 0 radical (unpaired) electrons. The average molecular weight is 535 g/mol. The third kappa shape index (κ3) is 9.19. The van der Waals surface area contributed by atoms with Gasteiger partial charge in [-0.05, 0) is 101 Å². The number of hydrogen-bond donors (Lipinski definition) is 6. The number of rotatable bonds is 15. The second kappa shape index (κ2) is 13.7. The van der Waals surface area contributed by atoms with E-state index in [0.29, 0.717) is 86.5 Å². The lowest BCUT2D eigenvalue weighted by Gasteiger charge is -2.28. The van der Waals surface area contributed by atoms with Crippen LogP contribution in [0.1, 0.15) is 91.9 Å². The predicted molar refractivity (Wildman–Crippen MR) is 145 cm³/mol. The second-order valence-corrected chi connectivity index (χ2v) is 12.0. The molecule has 0 spiro atoms. The van der Waals surface area contributed by atoms with E-state index in [1.807, 2.05) is 0 Å². The van der Waals surface area contributed by atoms with Gasteiger partial charge in [0.05, 0.1) is 35.2 Å². The van der Waals surface area contributed by atoms with E-state index in [2.05, 4.69) is 0 Å². The van der Waals surface area contributed by atoms with Gasteiger partial charge in [0.2, 0.25) is 0 Å². The standard InChI is InChI=1S/C30H46O8/c1-29(2,27(35)36)13-7-5-9-19-15-23(31)17-21(25(19)33)11-12-22-18-24(32)16-20(26(22)34)10-6-8-14-30(3,4)28(37)38/h15-18,23-26,31-34H,5-14H2,1-4H3,(H,35,36)(H,37,38). The molecule has 4 atom stereocenters. The first-order chi connectivity index (χ1) is 17.6. The normalized spacial score (nSPS) is 24.3. The molecule has 2 aliphatic carbocycles. The third-order valence-corrected chi connectivity index (χ3v) is 7.84. The topological polar surface area (TPSA) is 156 Å². The number of aliphatic carboxylic acids is 2. The van der Waals surface area contributed by atoms with Gasteiger partial charge in [-0.25, -0.2) is 0 Å². The average Bonchev–Trinajstić information content (AvgIpc) is 2.82. The summed E-state index contributed by atoms with van der Waals surface area (Å²) in [7, 11) is 0. The van der Waals surface area contributed by atoms with Crippen LogP contribution in [0.3, 0.4) is 0 Å². The van der Waals surface area contributed by atoms with Crippen molar-refractivity contribution in [3.8, 4) is 0 Å². The Morgan fingerprint density at radius 1 is 0.579 bits per heavy atom.